The summed E-state index contributed by atoms with van der Waals surface area (Å²) in [5.74, 6) is 0.683. The van der Waals surface area contributed by atoms with Crippen LogP contribution in [0.2, 0.25) is 0 Å². The normalized spacial score (nSPS) is 18.2. The van der Waals surface area contributed by atoms with Crippen molar-refractivity contribution in [1.29, 1.82) is 0 Å². The van der Waals surface area contributed by atoms with Gasteiger partial charge in [-0.1, -0.05) is 42.7 Å². The number of aliphatic hydroxyl groups excluding tert-OH is 1. The summed E-state index contributed by atoms with van der Waals surface area (Å²) in [6.07, 6.45) is 7.40. The first-order chi connectivity index (χ1) is 9.86. The molecule has 1 aromatic carbocycles. The highest BCUT2D eigenvalue weighted by Gasteiger charge is 2.24. The van der Waals surface area contributed by atoms with E-state index in [0.29, 0.717) is 12.0 Å². The van der Waals surface area contributed by atoms with E-state index in [2.05, 4.69) is 28.5 Å². The van der Waals surface area contributed by atoms with Crippen molar-refractivity contribution in [3.63, 3.8) is 0 Å². The molecule has 2 N–H and O–H groups in total. The van der Waals surface area contributed by atoms with Gasteiger partial charge in [0.05, 0.1) is 10.2 Å². The summed E-state index contributed by atoms with van der Waals surface area (Å²) in [4.78, 5) is 4.66. The van der Waals surface area contributed by atoms with Crippen molar-refractivity contribution in [2.75, 3.05) is 11.9 Å². The van der Waals surface area contributed by atoms with Crippen LogP contribution in [-0.2, 0) is 0 Å². The second kappa shape index (κ2) is 6.55. The summed E-state index contributed by atoms with van der Waals surface area (Å²) in [5, 5.41) is 13.9. The van der Waals surface area contributed by atoms with E-state index < -0.39 is 0 Å². The summed E-state index contributed by atoms with van der Waals surface area (Å²) in [6.45, 7) is 0.249. The molecule has 1 saturated carbocycles. The van der Waals surface area contributed by atoms with Crippen molar-refractivity contribution in [3.8, 4) is 0 Å². The summed E-state index contributed by atoms with van der Waals surface area (Å²) in [7, 11) is 0. The third-order valence-electron chi connectivity index (χ3n) is 4.26. The molecule has 108 valence electrons. The molecule has 0 aliphatic heterocycles. The second-order valence-corrected chi connectivity index (χ2v) is 6.68. The van der Waals surface area contributed by atoms with E-state index in [1.807, 2.05) is 6.07 Å². The number of aliphatic hydroxyl groups is 1. The van der Waals surface area contributed by atoms with Gasteiger partial charge in [0.1, 0.15) is 0 Å². The quantitative estimate of drug-likeness (QED) is 0.873. The lowest BCUT2D eigenvalue weighted by Gasteiger charge is -2.30. The highest BCUT2D eigenvalue weighted by molar-refractivity contribution is 7.22. The van der Waals surface area contributed by atoms with E-state index >= 15 is 0 Å². The minimum Gasteiger partial charge on any atom is -0.396 e. The van der Waals surface area contributed by atoms with Gasteiger partial charge in [-0.3, -0.25) is 0 Å². The Morgan fingerprint density at radius 3 is 2.80 bits per heavy atom. The molecule has 0 spiro atoms. The first kappa shape index (κ1) is 13.8. The van der Waals surface area contributed by atoms with Crippen molar-refractivity contribution in [2.24, 2.45) is 5.92 Å². The second-order valence-electron chi connectivity index (χ2n) is 5.65. The zero-order chi connectivity index (χ0) is 13.8. The minimum atomic E-state index is 0.249. The number of anilines is 1. The van der Waals surface area contributed by atoms with Gasteiger partial charge in [-0.2, -0.15) is 0 Å². The maximum Gasteiger partial charge on any atom is 0.184 e. The van der Waals surface area contributed by atoms with Crippen molar-refractivity contribution < 1.29 is 5.11 Å². The molecule has 4 heteroatoms. The lowest BCUT2D eigenvalue weighted by Crippen LogP contribution is -2.31. The van der Waals surface area contributed by atoms with Crippen LogP contribution < -0.4 is 5.32 Å². The molecule has 0 radical (unpaired) electrons. The van der Waals surface area contributed by atoms with Crippen molar-refractivity contribution in [1.82, 2.24) is 4.98 Å². The molecule has 0 saturated heterocycles. The molecule has 0 bridgehead atoms. The minimum absolute atomic E-state index is 0.249. The molecular weight excluding hydrogens is 268 g/mol. The van der Waals surface area contributed by atoms with Crippen LogP contribution in [0.15, 0.2) is 24.3 Å². The van der Waals surface area contributed by atoms with E-state index in [9.17, 15) is 5.11 Å². The number of para-hydroxylation sites is 1. The maximum absolute atomic E-state index is 9.33. The van der Waals surface area contributed by atoms with Crippen LogP contribution in [0.25, 0.3) is 10.2 Å². The van der Waals surface area contributed by atoms with E-state index in [1.54, 1.807) is 11.3 Å². The number of nitrogens with zero attached hydrogens (tertiary/aromatic N) is 1. The van der Waals surface area contributed by atoms with Gasteiger partial charge in [-0.05, 0) is 37.3 Å². The van der Waals surface area contributed by atoms with Gasteiger partial charge in [0.15, 0.2) is 5.13 Å². The molecule has 1 atom stereocenters. The first-order valence-corrected chi connectivity index (χ1v) is 8.41. The molecule has 1 aliphatic carbocycles. The van der Waals surface area contributed by atoms with Crippen LogP contribution in [0.3, 0.4) is 0 Å². The largest absolute Gasteiger partial charge is 0.396 e. The molecule has 0 amide bonds. The Bertz CT molecular complexity index is 515. The SMILES string of the molecule is OCCC(Nc1nc2ccccc2s1)C1CCCCC1. The van der Waals surface area contributed by atoms with Crippen molar-refractivity contribution >= 4 is 26.7 Å². The fraction of sp³-hybridized carbons (Fsp3) is 0.562. The summed E-state index contributed by atoms with van der Waals surface area (Å²) in [6, 6.07) is 8.61. The fourth-order valence-electron chi connectivity index (χ4n) is 3.19. The fourth-order valence-corrected chi connectivity index (χ4v) is 4.12. The molecular formula is C16H22N2OS. The van der Waals surface area contributed by atoms with Gasteiger partial charge >= 0.3 is 0 Å². The van der Waals surface area contributed by atoms with E-state index in [-0.39, 0.29) is 6.61 Å². The number of aromatic nitrogens is 1. The first-order valence-electron chi connectivity index (χ1n) is 7.60. The number of benzene rings is 1. The molecule has 1 aliphatic rings. The Labute approximate surface area is 124 Å². The maximum atomic E-state index is 9.33. The van der Waals surface area contributed by atoms with Gasteiger partial charge < -0.3 is 10.4 Å². The van der Waals surface area contributed by atoms with Crippen molar-refractivity contribution in [2.45, 2.75) is 44.6 Å². The van der Waals surface area contributed by atoms with Gasteiger partial charge in [-0.15, -0.1) is 0 Å². The predicted molar refractivity (Wildman–Crippen MR) is 85.3 cm³/mol. The number of hydrogen-bond acceptors (Lipinski definition) is 4. The molecule has 3 nitrogen and oxygen atoms in total. The molecule has 20 heavy (non-hydrogen) atoms. The third-order valence-corrected chi connectivity index (χ3v) is 5.23. The van der Waals surface area contributed by atoms with E-state index in [4.69, 9.17) is 0 Å². The van der Waals surface area contributed by atoms with Crippen molar-refractivity contribution in [3.05, 3.63) is 24.3 Å². The van der Waals surface area contributed by atoms with Crippen LogP contribution in [0.1, 0.15) is 38.5 Å². The average Bonchev–Trinajstić information content (AvgIpc) is 2.90. The zero-order valence-electron chi connectivity index (χ0n) is 11.7. The van der Waals surface area contributed by atoms with Gasteiger partial charge in [0.25, 0.3) is 0 Å². The number of nitrogens with one attached hydrogen (secondary N) is 1. The lowest BCUT2D eigenvalue weighted by molar-refractivity contribution is 0.239. The van der Waals surface area contributed by atoms with Gasteiger partial charge in [0.2, 0.25) is 0 Å². The topological polar surface area (TPSA) is 45.1 Å². The number of rotatable bonds is 5. The standard InChI is InChI=1S/C16H22N2OS/c19-11-10-13(12-6-2-1-3-7-12)17-16-18-14-8-4-5-9-15(14)20-16/h4-5,8-9,12-13,19H,1-3,6-7,10-11H2,(H,17,18). The average molecular weight is 290 g/mol. The van der Waals surface area contributed by atoms with Gasteiger partial charge in [-0.25, -0.2) is 4.98 Å². The highest BCUT2D eigenvalue weighted by atomic mass is 32.1. The summed E-state index contributed by atoms with van der Waals surface area (Å²) in [5.41, 5.74) is 1.06. The lowest BCUT2D eigenvalue weighted by atomic mass is 9.83. The Kier molecular flexibility index (Phi) is 4.53. The molecule has 3 rings (SSSR count). The Balaban J connectivity index is 1.74. The van der Waals surface area contributed by atoms with Crippen LogP contribution in [0.4, 0.5) is 5.13 Å². The molecule has 1 heterocycles. The Hall–Kier alpha value is -1.13. The molecule has 1 fully saturated rings. The van der Waals surface area contributed by atoms with Crippen LogP contribution in [0, 0.1) is 5.92 Å². The van der Waals surface area contributed by atoms with Gasteiger partial charge in [0, 0.05) is 12.6 Å². The number of thiazole rings is 1. The van der Waals surface area contributed by atoms with E-state index in [0.717, 1.165) is 17.1 Å². The molecule has 1 aromatic heterocycles. The summed E-state index contributed by atoms with van der Waals surface area (Å²) >= 11 is 1.71. The van der Waals surface area contributed by atoms with Crippen LogP contribution >= 0.6 is 11.3 Å². The Morgan fingerprint density at radius 2 is 2.05 bits per heavy atom. The third kappa shape index (κ3) is 3.13. The zero-order valence-corrected chi connectivity index (χ0v) is 12.5. The molecule has 1 unspecified atom stereocenters. The summed E-state index contributed by atoms with van der Waals surface area (Å²) < 4.78 is 1.22. The highest BCUT2D eigenvalue weighted by Crippen LogP contribution is 2.32. The van der Waals surface area contributed by atoms with E-state index in [1.165, 1.54) is 36.8 Å². The van der Waals surface area contributed by atoms with Crippen LogP contribution in [-0.4, -0.2) is 22.7 Å². The smallest absolute Gasteiger partial charge is 0.184 e. The predicted octanol–water partition coefficient (Wildman–Crippen LogP) is 4.04. The Morgan fingerprint density at radius 1 is 1.25 bits per heavy atom. The number of fused-ring (bicyclic) bond motifs is 1. The number of hydrogen-bond donors (Lipinski definition) is 2. The monoisotopic (exact) mass is 290 g/mol. The van der Waals surface area contributed by atoms with Crippen LogP contribution in [0.5, 0.6) is 0 Å². The molecule has 2 aromatic rings.